The summed E-state index contributed by atoms with van der Waals surface area (Å²) >= 11 is 0. The number of halogens is 2. The molecule has 126 valence electrons. The second kappa shape index (κ2) is 7.13. The Balaban J connectivity index is 1.79. The first-order chi connectivity index (χ1) is 12.0. The van der Waals surface area contributed by atoms with Crippen molar-refractivity contribution in [3.05, 3.63) is 89.5 Å². The Labute approximate surface area is 143 Å². The van der Waals surface area contributed by atoms with E-state index in [0.717, 1.165) is 17.7 Å². The van der Waals surface area contributed by atoms with E-state index < -0.39 is 17.5 Å². The van der Waals surface area contributed by atoms with Crippen LogP contribution in [0.1, 0.15) is 15.9 Å². The maximum absolute atomic E-state index is 14.1. The van der Waals surface area contributed by atoms with Crippen molar-refractivity contribution in [3.63, 3.8) is 0 Å². The summed E-state index contributed by atoms with van der Waals surface area (Å²) in [6.45, 7) is 0.399. The molecular weight excluding hydrogens is 324 g/mol. The highest BCUT2D eigenvalue weighted by Crippen LogP contribution is 2.29. The normalized spacial score (nSPS) is 10.5. The number of hydrogen-bond donors (Lipinski definition) is 1. The lowest BCUT2D eigenvalue weighted by Crippen LogP contribution is -2.12. The van der Waals surface area contributed by atoms with Crippen LogP contribution >= 0.6 is 0 Å². The van der Waals surface area contributed by atoms with E-state index >= 15 is 0 Å². The average Bonchev–Trinajstić information content (AvgIpc) is 2.61. The van der Waals surface area contributed by atoms with Gasteiger partial charge < -0.3 is 10.5 Å². The SMILES string of the molecule is NC(=O)c1cc(F)c(-c2ccc(OCc3ccccc3)cc2)c(F)c1. The molecule has 3 rings (SSSR count). The van der Waals surface area contributed by atoms with Gasteiger partial charge in [-0.1, -0.05) is 42.5 Å². The number of carbonyl (C=O) groups excluding carboxylic acids is 1. The number of carbonyl (C=O) groups is 1. The van der Waals surface area contributed by atoms with Gasteiger partial charge in [-0.3, -0.25) is 4.79 Å². The Kier molecular flexibility index (Phi) is 4.75. The summed E-state index contributed by atoms with van der Waals surface area (Å²) in [7, 11) is 0. The first-order valence-corrected chi connectivity index (χ1v) is 7.60. The molecule has 3 aromatic rings. The standard InChI is InChI=1S/C20H15F2NO2/c21-17-10-15(20(23)24)11-18(22)19(17)14-6-8-16(9-7-14)25-12-13-4-2-1-3-5-13/h1-11H,12H2,(H2,23,24). The minimum Gasteiger partial charge on any atom is -0.489 e. The van der Waals surface area contributed by atoms with Gasteiger partial charge in [-0.25, -0.2) is 8.78 Å². The molecule has 0 aliphatic rings. The van der Waals surface area contributed by atoms with Crippen LogP contribution in [-0.2, 0) is 6.61 Å². The largest absolute Gasteiger partial charge is 0.489 e. The van der Waals surface area contributed by atoms with Crippen LogP contribution in [0.3, 0.4) is 0 Å². The highest BCUT2D eigenvalue weighted by Gasteiger charge is 2.15. The van der Waals surface area contributed by atoms with E-state index in [9.17, 15) is 13.6 Å². The first kappa shape index (κ1) is 16.6. The fourth-order valence-electron chi connectivity index (χ4n) is 2.45. The molecule has 0 aliphatic carbocycles. The fourth-order valence-corrected chi connectivity index (χ4v) is 2.45. The van der Waals surface area contributed by atoms with Gasteiger partial charge in [0.05, 0.1) is 5.56 Å². The van der Waals surface area contributed by atoms with Crippen molar-refractivity contribution in [2.75, 3.05) is 0 Å². The van der Waals surface area contributed by atoms with Crippen LogP contribution in [0, 0.1) is 11.6 Å². The van der Waals surface area contributed by atoms with Gasteiger partial charge in [0.15, 0.2) is 0 Å². The van der Waals surface area contributed by atoms with Gasteiger partial charge in [-0.15, -0.1) is 0 Å². The number of rotatable bonds is 5. The van der Waals surface area contributed by atoms with Gasteiger partial charge in [0.2, 0.25) is 5.91 Å². The quantitative estimate of drug-likeness (QED) is 0.753. The van der Waals surface area contributed by atoms with Gasteiger partial charge >= 0.3 is 0 Å². The minimum atomic E-state index is -0.881. The number of benzene rings is 3. The molecule has 0 heterocycles. The van der Waals surface area contributed by atoms with Gasteiger partial charge in [-0.2, -0.15) is 0 Å². The van der Waals surface area contributed by atoms with E-state index in [2.05, 4.69) is 0 Å². The lowest BCUT2D eigenvalue weighted by atomic mass is 10.0. The molecule has 0 fully saturated rings. The van der Waals surface area contributed by atoms with Crippen molar-refractivity contribution in [1.82, 2.24) is 0 Å². The van der Waals surface area contributed by atoms with Crippen molar-refractivity contribution >= 4 is 5.91 Å². The van der Waals surface area contributed by atoms with Crippen LogP contribution in [-0.4, -0.2) is 5.91 Å². The Bertz CT molecular complexity index is 870. The summed E-state index contributed by atoms with van der Waals surface area (Å²) in [4.78, 5) is 11.1. The summed E-state index contributed by atoms with van der Waals surface area (Å²) < 4.78 is 33.9. The average molecular weight is 339 g/mol. The summed E-state index contributed by atoms with van der Waals surface area (Å²) in [6, 6.07) is 17.9. The van der Waals surface area contributed by atoms with Crippen LogP contribution in [0.2, 0.25) is 0 Å². The van der Waals surface area contributed by atoms with Gasteiger partial charge in [0, 0.05) is 5.56 Å². The van der Waals surface area contributed by atoms with E-state index in [1.807, 2.05) is 30.3 Å². The second-order valence-corrected chi connectivity index (χ2v) is 5.48. The van der Waals surface area contributed by atoms with Crippen molar-refractivity contribution in [3.8, 4) is 16.9 Å². The molecule has 0 aliphatic heterocycles. The van der Waals surface area contributed by atoms with Crippen molar-refractivity contribution in [2.24, 2.45) is 5.73 Å². The lowest BCUT2D eigenvalue weighted by molar-refractivity contribution is 0.0999. The van der Waals surface area contributed by atoms with Crippen LogP contribution in [0.4, 0.5) is 8.78 Å². The zero-order valence-electron chi connectivity index (χ0n) is 13.2. The Hall–Kier alpha value is -3.21. The molecule has 3 nitrogen and oxygen atoms in total. The monoisotopic (exact) mass is 339 g/mol. The summed E-state index contributed by atoms with van der Waals surface area (Å²) in [5, 5.41) is 0. The molecule has 0 saturated heterocycles. The summed E-state index contributed by atoms with van der Waals surface area (Å²) in [6.07, 6.45) is 0. The van der Waals surface area contributed by atoms with Crippen LogP contribution in [0.25, 0.3) is 11.1 Å². The smallest absolute Gasteiger partial charge is 0.248 e. The third kappa shape index (κ3) is 3.83. The zero-order chi connectivity index (χ0) is 17.8. The number of nitrogens with two attached hydrogens (primary N) is 1. The molecule has 0 aromatic heterocycles. The Morgan fingerprint density at radius 3 is 2.08 bits per heavy atom. The molecule has 2 N–H and O–H groups in total. The molecule has 0 radical (unpaired) electrons. The van der Waals surface area contributed by atoms with Crippen LogP contribution < -0.4 is 10.5 Å². The molecular formula is C20H15F2NO2. The Morgan fingerprint density at radius 1 is 0.920 bits per heavy atom. The van der Waals surface area contributed by atoms with Gasteiger partial charge in [0.1, 0.15) is 24.0 Å². The zero-order valence-corrected chi connectivity index (χ0v) is 13.2. The van der Waals surface area contributed by atoms with Crippen molar-refractivity contribution in [2.45, 2.75) is 6.61 Å². The second-order valence-electron chi connectivity index (χ2n) is 5.48. The molecule has 5 heteroatoms. The maximum atomic E-state index is 14.1. The van der Waals surface area contributed by atoms with E-state index in [1.165, 1.54) is 0 Å². The van der Waals surface area contributed by atoms with E-state index in [-0.39, 0.29) is 11.1 Å². The van der Waals surface area contributed by atoms with E-state index in [4.69, 9.17) is 10.5 Å². The molecule has 3 aromatic carbocycles. The molecule has 0 atom stereocenters. The first-order valence-electron chi connectivity index (χ1n) is 7.60. The van der Waals surface area contributed by atoms with Gasteiger partial charge in [0.25, 0.3) is 0 Å². The molecule has 25 heavy (non-hydrogen) atoms. The third-order valence-corrected chi connectivity index (χ3v) is 3.72. The maximum Gasteiger partial charge on any atom is 0.248 e. The van der Waals surface area contributed by atoms with Crippen LogP contribution in [0.5, 0.6) is 5.75 Å². The molecule has 0 saturated carbocycles. The summed E-state index contributed by atoms with van der Waals surface area (Å²) in [5.41, 5.74) is 6.00. The number of primary amides is 1. The third-order valence-electron chi connectivity index (χ3n) is 3.72. The summed E-state index contributed by atoms with van der Waals surface area (Å²) in [5.74, 6) is -1.98. The minimum absolute atomic E-state index is 0.207. The lowest BCUT2D eigenvalue weighted by Gasteiger charge is -2.09. The highest BCUT2D eigenvalue weighted by molar-refractivity contribution is 5.93. The molecule has 0 spiro atoms. The van der Waals surface area contributed by atoms with Gasteiger partial charge in [-0.05, 0) is 35.4 Å². The van der Waals surface area contributed by atoms with E-state index in [0.29, 0.717) is 17.9 Å². The fraction of sp³-hybridized carbons (Fsp3) is 0.0500. The molecule has 0 bridgehead atoms. The predicted octanol–water partition coefficient (Wildman–Crippen LogP) is 4.31. The highest BCUT2D eigenvalue weighted by atomic mass is 19.1. The van der Waals surface area contributed by atoms with Crippen molar-refractivity contribution in [1.29, 1.82) is 0 Å². The Morgan fingerprint density at radius 2 is 1.52 bits per heavy atom. The van der Waals surface area contributed by atoms with E-state index in [1.54, 1.807) is 24.3 Å². The van der Waals surface area contributed by atoms with Crippen LogP contribution in [0.15, 0.2) is 66.7 Å². The number of hydrogen-bond acceptors (Lipinski definition) is 2. The topological polar surface area (TPSA) is 52.3 Å². The van der Waals surface area contributed by atoms with Crippen molar-refractivity contribution < 1.29 is 18.3 Å². The molecule has 1 amide bonds. The predicted molar refractivity (Wildman–Crippen MR) is 91.1 cm³/mol. The molecule has 0 unspecified atom stereocenters. The number of amides is 1. The number of ether oxygens (including phenoxy) is 1.